The molecule has 0 aromatic carbocycles. The summed E-state index contributed by atoms with van der Waals surface area (Å²) in [7, 11) is 1.22. The third-order valence-corrected chi connectivity index (χ3v) is 12.1. The molecule has 0 fully saturated rings. The monoisotopic (exact) mass is 965 g/mol. The zero-order valence-corrected chi connectivity index (χ0v) is 44.9. The number of phosphoric ester groups is 1. The molecule has 3 atom stereocenters. The van der Waals surface area contributed by atoms with E-state index in [0.29, 0.717) is 17.4 Å². The number of allylic oxidation sites excluding steroid dienone is 19. The van der Waals surface area contributed by atoms with E-state index in [4.69, 9.17) is 9.05 Å². The van der Waals surface area contributed by atoms with Crippen molar-refractivity contribution in [3.05, 3.63) is 122 Å². The van der Waals surface area contributed by atoms with Crippen LogP contribution in [0.25, 0.3) is 0 Å². The van der Waals surface area contributed by atoms with Gasteiger partial charge in [0.05, 0.1) is 39.9 Å². The zero-order chi connectivity index (χ0) is 49.9. The second kappa shape index (κ2) is 48.9. The van der Waals surface area contributed by atoms with Gasteiger partial charge < -0.3 is 28.8 Å². The molecule has 388 valence electrons. The summed E-state index contributed by atoms with van der Waals surface area (Å²) in [5.41, 5.74) is 0. The molecule has 8 nitrogen and oxygen atoms in total. The highest BCUT2D eigenvalue weighted by atomic mass is 31.2. The smallest absolute Gasteiger partial charge is 0.268 e. The molecule has 3 unspecified atom stereocenters. The molecule has 0 aliphatic carbocycles. The van der Waals surface area contributed by atoms with Crippen LogP contribution in [0.4, 0.5) is 0 Å². The van der Waals surface area contributed by atoms with Gasteiger partial charge in [-0.3, -0.25) is 9.36 Å². The number of phosphoric acid groups is 1. The first kappa shape index (κ1) is 64.9. The van der Waals surface area contributed by atoms with Crippen molar-refractivity contribution in [3.8, 4) is 0 Å². The summed E-state index contributed by atoms with van der Waals surface area (Å²) < 4.78 is 23.2. The summed E-state index contributed by atoms with van der Waals surface area (Å²) in [6, 6.07) is -0.909. The molecule has 0 aliphatic heterocycles. The molecular formula is C59H101N2O6P. The minimum Gasteiger partial charge on any atom is -0.756 e. The molecule has 0 saturated carbocycles. The Morgan fingerprint density at radius 1 is 0.529 bits per heavy atom. The second-order valence-electron chi connectivity index (χ2n) is 18.8. The number of nitrogens with zero attached hydrogens (tertiary/aromatic N) is 1. The van der Waals surface area contributed by atoms with Gasteiger partial charge in [-0.1, -0.05) is 212 Å². The maximum Gasteiger partial charge on any atom is 0.268 e. The van der Waals surface area contributed by atoms with E-state index in [0.717, 1.165) is 89.9 Å². The lowest BCUT2D eigenvalue weighted by atomic mass is 10.0. The number of carbonyl (C=O) groups is 1. The lowest BCUT2D eigenvalue weighted by molar-refractivity contribution is -0.870. The number of aliphatic hydroxyl groups is 1. The van der Waals surface area contributed by atoms with E-state index >= 15 is 0 Å². The number of hydrogen-bond donors (Lipinski definition) is 2. The SMILES string of the molecule is CC/C=C\C/C=C\C/C=C\C/C=C\C/C=C\C/C=C\C/C=C\C/C=C\CCCCCCCCCCCCCCC(=O)NC(COP(=O)([O-])OCC[N+](C)(C)C)C(O)/C=C/CC/C=C/CCCCC. The van der Waals surface area contributed by atoms with Crippen LogP contribution >= 0.6 is 7.82 Å². The molecule has 68 heavy (non-hydrogen) atoms. The van der Waals surface area contributed by atoms with Gasteiger partial charge in [0.15, 0.2) is 0 Å². The Balaban J connectivity index is 4.03. The maximum atomic E-state index is 12.9. The van der Waals surface area contributed by atoms with Gasteiger partial charge in [-0.05, 0) is 96.3 Å². The van der Waals surface area contributed by atoms with Gasteiger partial charge in [0.25, 0.3) is 7.82 Å². The number of nitrogens with one attached hydrogen (secondary N) is 1. The molecule has 0 bridgehead atoms. The molecular weight excluding hydrogens is 864 g/mol. The minimum atomic E-state index is -4.60. The van der Waals surface area contributed by atoms with E-state index in [2.05, 4.69) is 129 Å². The Morgan fingerprint density at radius 3 is 1.37 bits per heavy atom. The van der Waals surface area contributed by atoms with E-state index in [-0.39, 0.29) is 12.5 Å². The number of likely N-dealkylation sites (N-methyl/N-ethyl adjacent to an activating group) is 1. The molecule has 0 rings (SSSR count). The zero-order valence-electron chi connectivity index (χ0n) is 44.0. The van der Waals surface area contributed by atoms with Crippen LogP contribution in [0.1, 0.15) is 194 Å². The molecule has 0 heterocycles. The van der Waals surface area contributed by atoms with Crippen LogP contribution in [0.3, 0.4) is 0 Å². The maximum absolute atomic E-state index is 12.9. The molecule has 0 spiro atoms. The van der Waals surface area contributed by atoms with Gasteiger partial charge in [0.1, 0.15) is 13.2 Å². The van der Waals surface area contributed by atoms with E-state index in [1.165, 1.54) is 83.5 Å². The molecule has 0 aromatic rings. The molecule has 9 heteroatoms. The highest BCUT2D eigenvalue weighted by molar-refractivity contribution is 7.45. The van der Waals surface area contributed by atoms with Gasteiger partial charge in [0.2, 0.25) is 5.91 Å². The number of rotatable bonds is 47. The van der Waals surface area contributed by atoms with Crippen LogP contribution < -0.4 is 10.2 Å². The Hall–Kier alpha value is -3.10. The molecule has 1 amide bonds. The quantitative estimate of drug-likeness (QED) is 0.0272. The van der Waals surface area contributed by atoms with Gasteiger partial charge >= 0.3 is 0 Å². The topological polar surface area (TPSA) is 108 Å². The highest BCUT2D eigenvalue weighted by Gasteiger charge is 2.23. The van der Waals surface area contributed by atoms with Gasteiger partial charge in [-0.2, -0.15) is 0 Å². The third-order valence-electron chi connectivity index (χ3n) is 11.2. The van der Waals surface area contributed by atoms with Gasteiger partial charge in [0, 0.05) is 6.42 Å². The van der Waals surface area contributed by atoms with E-state index < -0.39 is 26.6 Å². The van der Waals surface area contributed by atoms with Crippen LogP contribution in [0, 0.1) is 0 Å². The molecule has 0 aliphatic rings. The fourth-order valence-electron chi connectivity index (χ4n) is 6.95. The van der Waals surface area contributed by atoms with Crippen molar-refractivity contribution >= 4 is 13.7 Å². The summed E-state index contributed by atoms with van der Waals surface area (Å²) in [5.74, 6) is -0.218. The minimum absolute atomic E-state index is 0.0124. The van der Waals surface area contributed by atoms with E-state index in [1.54, 1.807) is 6.08 Å². The van der Waals surface area contributed by atoms with Crippen LogP contribution in [0.15, 0.2) is 122 Å². The number of quaternary nitrogens is 1. The van der Waals surface area contributed by atoms with Gasteiger partial charge in [-0.25, -0.2) is 0 Å². The predicted molar refractivity (Wildman–Crippen MR) is 292 cm³/mol. The van der Waals surface area contributed by atoms with Crippen LogP contribution in [-0.2, 0) is 18.4 Å². The summed E-state index contributed by atoms with van der Waals surface area (Å²) >= 11 is 0. The lowest BCUT2D eigenvalue weighted by Crippen LogP contribution is -2.45. The summed E-state index contributed by atoms with van der Waals surface area (Å²) in [5, 5.41) is 13.7. The summed E-state index contributed by atoms with van der Waals surface area (Å²) in [4.78, 5) is 25.3. The third kappa shape index (κ3) is 50.8. The summed E-state index contributed by atoms with van der Waals surface area (Å²) in [6.07, 6.45) is 72.9. The number of unbranched alkanes of at least 4 members (excludes halogenated alkanes) is 16. The van der Waals surface area contributed by atoms with Crippen molar-refractivity contribution in [1.82, 2.24) is 5.32 Å². The normalized spacial score (nSPS) is 15.0. The van der Waals surface area contributed by atoms with Crippen LogP contribution in [0.2, 0.25) is 0 Å². The first-order valence-electron chi connectivity index (χ1n) is 26.9. The number of carbonyl (C=O) groups excluding carboxylic acids is 1. The average Bonchev–Trinajstić information content (AvgIpc) is 3.30. The van der Waals surface area contributed by atoms with E-state index in [9.17, 15) is 19.4 Å². The fourth-order valence-corrected chi connectivity index (χ4v) is 7.67. The van der Waals surface area contributed by atoms with E-state index in [1.807, 2.05) is 27.2 Å². The van der Waals surface area contributed by atoms with Crippen LogP contribution in [0.5, 0.6) is 0 Å². The van der Waals surface area contributed by atoms with Crippen molar-refractivity contribution in [2.45, 2.75) is 206 Å². The highest BCUT2D eigenvalue weighted by Crippen LogP contribution is 2.38. The van der Waals surface area contributed by atoms with Crippen molar-refractivity contribution in [2.24, 2.45) is 0 Å². The number of amides is 1. The Labute approximate surface area is 418 Å². The number of aliphatic hydroxyl groups excluding tert-OH is 1. The molecule has 0 radical (unpaired) electrons. The number of hydrogen-bond acceptors (Lipinski definition) is 6. The first-order chi connectivity index (χ1) is 33.0. The largest absolute Gasteiger partial charge is 0.756 e. The standard InChI is InChI=1S/C59H101N2O6P/c1-6-8-10-12-14-16-17-18-19-20-21-22-23-24-25-26-27-28-29-30-31-32-33-34-35-36-37-38-39-40-41-42-43-45-47-49-51-53-59(63)60-57(56-67-68(64,65)66-55-54-61(3,4)5)58(62)52-50-48-46-44-15-13-11-9-7-2/h8,10,14-16,18-19,21-22,24-25,27-28,30-31,33-34,44,50,52,57-58,62H,6-7,9,11-13,17,20,23,26,29,32,35-43,45-49,51,53-56H2,1-5H3,(H-,60,63,64,65)/b10-8-,16-14-,19-18-,22-21-,25-24-,28-27-,31-30-,34-33-,44-15+,52-50+. The van der Waals surface area contributed by atoms with Crippen molar-refractivity contribution in [1.29, 1.82) is 0 Å². The lowest BCUT2D eigenvalue weighted by Gasteiger charge is -2.29. The Morgan fingerprint density at radius 2 is 0.912 bits per heavy atom. The second-order valence-corrected chi connectivity index (χ2v) is 20.2. The summed E-state index contributed by atoms with van der Waals surface area (Å²) in [6.45, 7) is 4.43. The fraction of sp³-hybridized carbons (Fsp3) is 0.644. The molecule has 0 aromatic heterocycles. The van der Waals surface area contributed by atoms with Crippen molar-refractivity contribution in [2.75, 3.05) is 40.9 Å². The van der Waals surface area contributed by atoms with Crippen molar-refractivity contribution in [3.63, 3.8) is 0 Å². The molecule has 0 saturated heterocycles. The predicted octanol–water partition coefficient (Wildman–Crippen LogP) is 15.6. The Bertz CT molecular complexity index is 1510. The average molecular weight is 965 g/mol. The van der Waals surface area contributed by atoms with Gasteiger partial charge in [-0.15, -0.1) is 0 Å². The van der Waals surface area contributed by atoms with Crippen molar-refractivity contribution < 1.29 is 32.9 Å². The Kier molecular flexibility index (Phi) is 46.7. The first-order valence-corrected chi connectivity index (χ1v) is 28.4. The molecule has 2 N–H and O–H groups in total. The van der Waals surface area contributed by atoms with Crippen LogP contribution in [-0.4, -0.2) is 68.5 Å².